The van der Waals surface area contributed by atoms with Crippen LogP contribution in [-0.2, 0) is 6.54 Å². The molecule has 1 aromatic carbocycles. The van der Waals surface area contributed by atoms with Gasteiger partial charge in [-0.2, -0.15) is 4.98 Å². The molecule has 4 aromatic rings. The van der Waals surface area contributed by atoms with Crippen LogP contribution < -0.4 is 15.5 Å². The van der Waals surface area contributed by atoms with Gasteiger partial charge in [-0.15, -0.1) is 10.2 Å². The van der Waals surface area contributed by atoms with Crippen LogP contribution >= 0.6 is 23.1 Å². The molecule has 3 heterocycles. The Balaban J connectivity index is 0.00000289. The molecule has 1 saturated carbocycles. The minimum Gasteiger partial charge on any atom is -0.453 e. The molecule has 0 unspecified atom stereocenters. The molecule has 0 atom stereocenters. The second kappa shape index (κ2) is 11.4. The number of fused-ring (bicyclic) bond motifs is 1. The molecule has 35 heavy (non-hydrogen) atoms. The lowest BCUT2D eigenvalue weighted by Crippen LogP contribution is -2.36. The van der Waals surface area contributed by atoms with Gasteiger partial charge in [0, 0.05) is 31.6 Å². The standard InChI is InChI=1S/C24H29N7OS2.CH4/c1-15-29-30-24(33-15)34-21-13-12-18(32-21)14-25-16-8-10-17(11-9-16)26-23-27-20-7-5-4-6-19(20)22(28-23)31(2)3;/h4-7,12-13,16-17,25H,8-11,14H2,1-3H3,(H,26,27,28);1H4. The SMILES string of the molecule is C.Cc1nnc(Sc2ccc(CNC3CCC(Nc4nc(N(C)C)c5ccccc5n4)CC3)o2)s1. The van der Waals surface area contributed by atoms with Crippen LogP contribution in [0.25, 0.3) is 10.9 Å². The molecule has 10 heteroatoms. The fraction of sp³-hybridized carbons (Fsp3) is 0.440. The van der Waals surface area contributed by atoms with Crippen molar-refractivity contribution in [2.45, 2.75) is 68.1 Å². The molecular weight excluding hydrogens is 478 g/mol. The first-order valence-corrected chi connectivity index (χ1v) is 13.2. The predicted octanol–water partition coefficient (Wildman–Crippen LogP) is 5.75. The van der Waals surface area contributed by atoms with Crippen LogP contribution in [0.5, 0.6) is 0 Å². The van der Waals surface area contributed by atoms with E-state index in [1.807, 2.05) is 56.3 Å². The molecule has 0 bridgehead atoms. The van der Waals surface area contributed by atoms with Crippen molar-refractivity contribution in [3.05, 3.63) is 47.2 Å². The lowest BCUT2D eigenvalue weighted by Gasteiger charge is -2.30. The van der Waals surface area contributed by atoms with E-state index in [4.69, 9.17) is 14.4 Å². The number of anilines is 2. The van der Waals surface area contributed by atoms with Gasteiger partial charge < -0.3 is 20.0 Å². The highest BCUT2D eigenvalue weighted by Gasteiger charge is 2.22. The first-order chi connectivity index (χ1) is 16.5. The number of rotatable bonds is 8. The van der Waals surface area contributed by atoms with Gasteiger partial charge in [0.25, 0.3) is 0 Å². The first-order valence-electron chi connectivity index (χ1n) is 11.5. The van der Waals surface area contributed by atoms with Gasteiger partial charge in [-0.05, 0) is 68.6 Å². The van der Waals surface area contributed by atoms with Gasteiger partial charge in [0.2, 0.25) is 5.95 Å². The summed E-state index contributed by atoms with van der Waals surface area (Å²) in [4.78, 5) is 11.6. The summed E-state index contributed by atoms with van der Waals surface area (Å²) in [5.74, 6) is 2.61. The van der Waals surface area contributed by atoms with Crippen molar-refractivity contribution in [1.29, 1.82) is 0 Å². The van der Waals surface area contributed by atoms with Gasteiger partial charge in [0.1, 0.15) is 16.6 Å². The lowest BCUT2D eigenvalue weighted by atomic mass is 9.91. The molecule has 1 fully saturated rings. The minimum absolute atomic E-state index is 0. The summed E-state index contributed by atoms with van der Waals surface area (Å²) in [7, 11) is 4.04. The number of hydrogen-bond donors (Lipinski definition) is 2. The van der Waals surface area contributed by atoms with Crippen molar-refractivity contribution in [1.82, 2.24) is 25.5 Å². The van der Waals surface area contributed by atoms with E-state index < -0.39 is 0 Å². The van der Waals surface area contributed by atoms with Crippen LogP contribution in [-0.4, -0.2) is 46.3 Å². The third kappa shape index (κ3) is 6.31. The second-order valence-corrected chi connectivity index (χ2v) is 11.2. The van der Waals surface area contributed by atoms with Crippen LogP contribution in [0, 0.1) is 6.92 Å². The highest BCUT2D eigenvalue weighted by molar-refractivity contribution is 8.00. The highest BCUT2D eigenvalue weighted by atomic mass is 32.2. The normalized spacial score (nSPS) is 17.8. The number of aromatic nitrogens is 4. The van der Waals surface area contributed by atoms with E-state index in [1.54, 1.807) is 11.3 Å². The van der Waals surface area contributed by atoms with E-state index in [9.17, 15) is 0 Å². The number of aryl methyl sites for hydroxylation is 1. The maximum absolute atomic E-state index is 5.96. The fourth-order valence-electron chi connectivity index (χ4n) is 4.25. The van der Waals surface area contributed by atoms with Crippen molar-refractivity contribution < 1.29 is 4.42 Å². The van der Waals surface area contributed by atoms with Gasteiger partial charge in [0.05, 0.1) is 12.1 Å². The number of nitrogens with one attached hydrogen (secondary N) is 2. The van der Waals surface area contributed by atoms with Gasteiger partial charge in [0.15, 0.2) is 9.43 Å². The highest BCUT2D eigenvalue weighted by Crippen LogP contribution is 2.31. The Morgan fingerprint density at radius 2 is 1.80 bits per heavy atom. The van der Waals surface area contributed by atoms with Gasteiger partial charge in [-0.3, -0.25) is 0 Å². The maximum Gasteiger partial charge on any atom is 0.225 e. The van der Waals surface area contributed by atoms with E-state index in [0.717, 1.165) is 69.1 Å². The summed E-state index contributed by atoms with van der Waals surface area (Å²) in [5, 5.41) is 18.3. The van der Waals surface area contributed by atoms with Gasteiger partial charge in [-0.25, -0.2) is 4.98 Å². The number of para-hydroxylation sites is 1. The Kier molecular flexibility index (Phi) is 8.25. The van der Waals surface area contributed by atoms with E-state index >= 15 is 0 Å². The van der Waals surface area contributed by atoms with E-state index in [2.05, 4.69) is 26.9 Å². The Morgan fingerprint density at radius 3 is 2.54 bits per heavy atom. The van der Waals surface area contributed by atoms with Crippen LogP contribution in [0.1, 0.15) is 43.9 Å². The minimum atomic E-state index is 0. The summed E-state index contributed by atoms with van der Waals surface area (Å²) in [5.41, 5.74) is 0.969. The van der Waals surface area contributed by atoms with Crippen molar-refractivity contribution in [3.63, 3.8) is 0 Å². The van der Waals surface area contributed by atoms with E-state index in [1.165, 1.54) is 11.8 Å². The topological polar surface area (TPSA) is 92.0 Å². The summed E-state index contributed by atoms with van der Waals surface area (Å²) < 4.78 is 6.87. The van der Waals surface area contributed by atoms with Crippen LogP contribution in [0.15, 0.2) is 50.2 Å². The summed E-state index contributed by atoms with van der Waals surface area (Å²) in [6, 6.07) is 13.1. The Labute approximate surface area is 215 Å². The zero-order valence-electron chi connectivity index (χ0n) is 19.6. The molecule has 0 spiro atoms. The molecule has 2 N–H and O–H groups in total. The molecule has 0 aliphatic heterocycles. The molecular formula is C25H33N7OS2. The second-order valence-electron chi connectivity index (χ2n) is 8.77. The zero-order valence-corrected chi connectivity index (χ0v) is 21.2. The molecule has 1 aliphatic carbocycles. The number of furan rings is 1. The van der Waals surface area contributed by atoms with Crippen molar-refractivity contribution in [3.8, 4) is 0 Å². The number of hydrogen-bond acceptors (Lipinski definition) is 10. The quantitative estimate of drug-likeness (QED) is 0.307. The maximum atomic E-state index is 5.96. The Morgan fingerprint density at radius 1 is 1.03 bits per heavy atom. The average molecular weight is 512 g/mol. The van der Waals surface area contributed by atoms with Crippen LogP contribution in [0.4, 0.5) is 11.8 Å². The molecule has 5 rings (SSSR count). The van der Waals surface area contributed by atoms with Gasteiger partial charge in [-0.1, -0.05) is 30.9 Å². The Bertz CT molecular complexity index is 1250. The summed E-state index contributed by atoms with van der Waals surface area (Å²) in [6.07, 6.45) is 4.39. The van der Waals surface area contributed by atoms with Gasteiger partial charge >= 0.3 is 0 Å². The molecule has 3 aromatic heterocycles. The number of benzene rings is 1. The molecule has 8 nitrogen and oxygen atoms in total. The van der Waals surface area contributed by atoms with Crippen LogP contribution in [0.2, 0.25) is 0 Å². The first kappa shape index (κ1) is 25.4. The molecule has 0 amide bonds. The zero-order chi connectivity index (χ0) is 23.5. The lowest BCUT2D eigenvalue weighted by molar-refractivity contribution is 0.332. The van der Waals surface area contributed by atoms with E-state index in [-0.39, 0.29) is 7.43 Å². The fourth-order valence-corrected chi connectivity index (χ4v) is 5.98. The van der Waals surface area contributed by atoms with E-state index in [0.29, 0.717) is 18.0 Å². The van der Waals surface area contributed by atoms with Crippen molar-refractivity contribution in [2.75, 3.05) is 24.3 Å². The smallest absolute Gasteiger partial charge is 0.225 e. The Hall–Kier alpha value is -2.69. The molecule has 0 saturated heterocycles. The number of nitrogens with zero attached hydrogens (tertiary/aromatic N) is 5. The molecule has 186 valence electrons. The molecule has 1 aliphatic rings. The summed E-state index contributed by atoms with van der Waals surface area (Å²) in [6.45, 7) is 2.69. The van der Waals surface area contributed by atoms with Crippen LogP contribution in [0.3, 0.4) is 0 Å². The van der Waals surface area contributed by atoms with Crippen molar-refractivity contribution >= 4 is 45.8 Å². The van der Waals surface area contributed by atoms with Crippen molar-refractivity contribution in [2.24, 2.45) is 0 Å². The third-order valence-corrected chi connectivity index (χ3v) is 7.77. The third-order valence-electron chi connectivity index (χ3n) is 5.96. The molecule has 0 radical (unpaired) electrons. The largest absolute Gasteiger partial charge is 0.453 e. The predicted molar refractivity (Wildman–Crippen MR) is 145 cm³/mol. The monoisotopic (exact) mass is 511 g/mol. The average Bonchev–Trinajstić information content (AvgIpc) is 3.46. The summed E-state index contributed by atoms with van der Waals surface area (Å²) >= 11 is 3.10.